The van der Waals surface area contributed by atoms with E-state index in [1.54, 1.807) is 0 Å². The standard InChI is InChI=1S/C56H50N4O/c1-55(2,3)40-30-31-57-53(34-40)60-49-25-14-13-22-47(49)48-29-28-43(36-52(48)60)61-44-33-41(56(4,5)6)32-42(35-44)58-37-59(51-27-16-15-26-50(51)58)54-45(38-18-9-7-10-19-38)23-17-24-46(54)39-20-11-8-12-21-39/h7-36H,37H2,1-6H3/i30D,31D,34D. The number of rotatable bonds is 7. The van der Waals surface area contributed by atoms with E-state index in [4.69, 9.17) is 7.48 Å². The lowest BCUT2D eigenvalue weighted by atomic mass is 9.86. The minimum atomic E-state index is -0.535. The van der Waals surface area contributed by atoms with Gasteiger partial charge >= 0.3 is 0 Å². The molecule has 0 unspecified atom stereocenters. The first kappa shape index (κ1) is 34.7. The fraction of sp³-hybridized carbons (Fsp3) is 0.161. The molecule has 0 bridgehead atoms. The van der Waals surface area contributed by atoms with Crippen LogP contribution in [0.15, 0.2) is 182 Å². The predicted molar refractivity (Wildman–Crippen MR) is 255 cm³/mol. The number of hydrogen-bond acceptors (Lipinski definition) is 4. The molecular formula is C56H50N4O. The molecule has 0 N–H and O–H groups in total. The van der Waals surface area contributed by atoms with Gasteiger partial charge in [-0.1, -0.05) is 151 Å². The van der Waals surface area contributed by atoms with Crippen LogP contribution in [0, 0.1) is 0 Å². The Labute approximate surface area is 363 Å². The van der Waals surface area contributed by atoms with E-state index in [1.807, 2.05) is 55.7 Å². The van der Waals surface area contributed by atoms with E-state index < -0.39 is 5.41 Å². The number of para-hydroxylation sites is 4. The summed E-state index contributed by atoms with van der Waals surface area (Å²) in [6.07, 6.45) is -0.150. The van der Waals surface area contributed by atoms with Gasteiger partial charge in [0.2, 0.25) is 0 Å². The number of fused-ring (bicyclic) bond motifs is 4. The Morgan fingerprint density at radius 2 is 1.15 bits per heavy atom. The summed E-state index contributed by atoms with van der Waals surface area (Å²) >= 11 is 0. The molecule has 2 aromatic heterocycles. The van der Waals surface area contributed by atoms with Crippen molar-refractivity contribution in [2.45, 2.75) is 52.4 Å². The van der Waals surface area contributed by atoms with Crippen molar-refractivity contribution >= 4 is 44.6 Å². The Kier molecular flexibility index (Phi) is 8.46. The molecular weight excluding hydrogens is 745 g/mol. The van der Waals surface area contributed by atoms with E-state index in [2.05, 4.69) is 169 Å². The van der Waals surface area contributed by atoms with Gasteiger partial charge in [-0.15, -0.1) is 0 Å². The summed E-state index contributed by atoms with van der Waals surface area (Å²) in [6, 6.07) is 57.4. The average Bonchev–Trinajstić information content (AvgIpc) is 3.83. The molecule has 3 heterocycles. The maximum Gasteiger partial charge on any atom is 0.137 e. The number of hydrogen-bond donors (Lipinski definition) is 0. The van der Waals surface area contributed by atoms with Crippen molar-refractivity contribution in [2.75, 3.05) is 16.5 Å². The van der Waals surface area contributed by atoms with Crippen LogP contribution >= 0.6 is 0 Å². The maximum atomic E-state index is 9.39. The maximum absolute atomic E-state index is 9.39. The fourth-order valence-corrected chi connectivity index (χ4v) is 8.56. The van der Waals surface area contributed by atoms with Gasteiger partial charge in [0.05, 0.1) is 32.2 Å². The third-order valence-corrected chi connectivity index (χ3v) is 11.7. The highest BCUT2D eigenvalue weighted by molar-refractivity contribution is 6.09. The molecule has 7 aromatic carbocycles. The third-order valence-electron chi connectivity index (χ3n) is 11.7. The second kappa shape index (κ2) is 14.9. The van der Waals surface area contributed by atoms with Gasteiger partial charge in [0.25, 0.3) is 0 Å². The molecule has 0 amide bonds. The highest BCUT2D eigenvalue weighted by Gasteiger charge is 2.32. The summed E-state index contributed by atoms with van der Waals surface area (Å²) in [6.45, 7) is 13.2. The Bertz CT molecular complexity index is 3180. The fourth-order valence-electron chi connectivity index (χ4n) is 8.56. The minimum Gasteiger partial charge on any atom is -0.457 e. The lowest BCUT2D eigenvalue weighted by Crippen LogP contribution is -2.25. The number of benzene rings is 7. The number of anilines is 4. The van der Waals surface area contributed by atoms with Crippen LogP contribution < -0.4 is 14.5 Å². The van der Waals surface area contributed by atoms with Crippen molar-refractivity contribution in [1.29, 1.82) is 0 Å². The SMILES string of the molecule is [2H]c1nc(-n2c3ccccc3c3ccc(Oc4cc(N5CN(c6c(-c7ccccc7)cccc6-c6ccccc6)c6ccccc65)cc(C(C)(C)C)c4)cc32)c([2H])c(C(C)(C)C)c1[2H]. The molecule has 0 spiro atoms. The normalized spacial score (nSPS) is 13.6. The number of pyridine rings is 1. The van der Waals surface area contributed by atoms with E-state index in [1.165, 1.54) is 0 Å². The molecule has 0 aliphatic carbocycles. The van der Waals surface area contributed by atoms with Crippen LogP contribution in [0.3, 0.4) is 0 Å². The van der Waals surface area contributed by atoms with Crippen molar-refractivity contribution in [1.82, 2.24) is 9.55 Å². The van der Waals surface area contributed by atoms with Gasteiger partial charge in [0.15, 0.2) is 0 Å². The van der Waals surface area contributed by atoms with Gasteiger partial charge in [-0.3, -0.25) is 4.57 Å². The van der Waals surface area contributed by atoms with Crippen LogP contribution in [-0.2, 0) is 10.8 Å². The Morgan fingerprint density at radius 1 is 0.541 bits per heavy atom. The number of ether oxygens (including phenoxy) is 1. The highest BCUT2D eigenvalue weighted by Crippen LogP contribution is 2.51. The van der Waals surface area contributed by atoms with Crippen molar-refractivity contribution in [3.8, 4) is 39.6 Å². The molecule has 61 heavy (non-hydrogen) atoms. The van der Waals surface area contributed by atoms with Crippen LogP contribution in [0.5, 0.6) is 11.5 Å². The van der Waals surface area contributed by atoms with Crippen molar-refractivity contribution in [3.05, 3.63) is 193 Å². The Balaban J connectivity index is 1.10. The van der Waals surface area contributed by atoms with Gasteiger partial charge < -0.3 is 14.5 Å². The molecule has 300 valence electrons. The summed E-state index contributed by atoms with van der Waals surface area (Å²) in [5.41, 5.74) is 11.6. The van der Waals surface area contributed by atoms with Crippen LogP contribution in [0.25, 0.3) is 49.9 Å². The van der Waals surface area contributed by atoms with Crippen molar-refractivity contribution in [2.24, 2.45) is 0 Å². The average molecular weight is 798 g/mol. The Hall–Kier alpha value is -7.11. The number of nitrogens with zero attached hydrogens (tertiary/aromatic N) is 4. The van der Waals surface area contributed by atoms with E-state index in [-0.39, 0.29) is 23.7 Å². The molecule has 0 saturated carbocycles. The van der Waals surface area contributed by atoms with E-state index in [0.29, 0.717) is 29.5 Å². The summed E-state index contributed by atoms with van der Waals surface area (Å²) in [7, 11) is 0. The van der Waals surface area contributed by atoms with Crippen LogP contribution in [0.1, 0.15) is 56.8 Å². The smallest absolute Gasteiger partial charge is 0.137 e. The van der Waals surface area contributed by atoms with Gasteiger partial charge in [-0.05, 0) is 87.6 Å². The van der Waals surface area contributed by atoms with Gasteiger partial charge in [0.1, 0.15) is 24.0 Å². The lowest BCUT2D eigenvalue weighted by molar-refractivity contribution is 0.479. The first-order chi connectivity index (χ1) is 30.8. The molecule has 5 nitrogen and oxygen atoms in total. The largest absolute Gasteiger partial charge is 0.457 e. The van der Waals surface area contributed by atoms with E-state index >= 15 is 0 Å². The van der Waals surface area contributed by atoms with E-state index in [9.17, 15) is 1.37 Å². The first-order valence-electron chi connectivity index (χ1n) is 22.5. The molecule has 1 aliphatic rings. The topological polar surface area (TPSA) is 33.5 Å². The second-order valence-electron chi connectivity index (χ2n) is 17.9. The summed E-state index contributed by atoms with van der Waals surface area (Å²) in [5.74, 6) is 1.66. The molecule has 9 aromatic rings. The molecule has 0 fully saturated rings. The highest BCUT2D eigenvalue weighted by atomic mass is 16.5. The third kappa shape index (κ3) is 7.00. The number of aromatic nitrogens is 2. The van der Waals surface area contributed by atoms with Crippen molar-refractivity contribution < 1.29 is 8.85 Å². The summed E-state index contributed by atoms with van der Waals surface area (Å²) < 4.78 is 35.7. The van der Waals surface area contributed by atoms with Gasteiger partial charge in [-0.25, -0.2) is 4.98 Å². The van der Waals surface area contributed by atoms with Crippen LogP contribution in [0.2, 0.25) is 0 Å². The second-order valence-corrected chi connectivity index (χ2v) is 17.9. The predicted octanol–water partition coefficient (Wildman–Crippen LogP) is 15.1. The molecule has 0 atom stereocenters. The summed E-state index contributed by atoms with van der Waals surface area (Å²) in [4.78, 5) is 9.43. The van der Waals surface area contributed by atoms with Crippen molar-refractivity contribution in [3.63, 3.8) is 0 Å². The molecule has 1 aliphatic heterocycles. The minimum absolute atomic E-state index is 0.0126. The zero-order valence-corrected chi connectivity index (χ0v) is 35.5. The zero-order chi connectivity index (χ0) is 44.5. The Morgan fingerprint density at radius 3 is 1.82 bits per heavy atom. The monoisotopic (exact) mass is 797 g/mol. The van der Waals surface area contributed by atoms with Crippen LogP contribution in [0.4, 0.5) is 22.7 Å². The summed E-state index contributed by atoms with van der Waals surface area (Å²) in [5, 5.41) is 1.98. The quantitative estimate of drug-likeness (QED) is 0.161. The first-order valence-corrected chi connectivity index (χ1v) is 21.0. The molecule has 5 heteroatoms. The zero-order valence-electron chi connectivity index (χ0n) is 38.5. The van der Waals surface area contributed by atoms with Crippen LogP contribution in [-0.4, -0.2) is 16.2 Å². The molecule has 0 saturated heterocycles. The lowest BCUT2D eigenvalue weighted by Gasteiger charge is -2.28. The molecule has 0 radical (unpaired) electrons. The van der Waals surface area contributed by atoms with Gasteiger partial charge in [-0.2, -0.15) is 0 Å². The van der Waals surface area contributed by atoms with E-state index in [0.717, 1.165) is 72.4 Å². The van der Waals surface area contributed by atoms with Gasteiger partial charge in [0, 0.05) is 45.9 Å². The molecule has 10 rings (SSSR count).